The molecule has 152 valence electrons. The Morgan fingerprint density at radius 1 is 1.00 bits per heavy atom. The molecule has 0 aliphatic carbocycles. The standard InChI is InChI=1S/C23H28N4O2/c1-16(2)29-20-11-9-19(10-12-20)26-23-25-17(3)15-22(27-23)24-14-13-18-7-5-6-8-21(18)28-4/h5-12,15-16H,13-14H2,1-4H3,(H2,24,25,26,27). The van der Waals surface area contributed by atoms with Crippen molar-refractivity contribution in [3.63, 3.8) is 0 Å². The van der Waals surface area contributed by atoms with Crippen molar-refractivity contribution in [3.05, 3.63) is 65.9 Å². The summed E-state index contributed by atoms with van der Waals surface area (Å²) in [6.45, 7) is 6.72. The molecule has 0 atom stereocenters. The van der Waals surface area contributed by atoms with Crippen molar-refractivity contribution in [2.45, 2.75) is 33.3 Å². The van der Waals surface area contributed by atoms with E-state index < -0.39 is 0 Å². The minimum atomic E-state index is 0.151. The minimum Gasteiger partial charge on any atom is -0.496 e. The highest BCUT2D eigenvalue weighted by molar-refractivity contribution is 5.56. The number of nitrogens with zero attached hydrogens (tertiary/aromatic N) is 2. The molecule has 0 bridgehead atoms. The molecule has 0 fully saturated rings. The average molecular weight is 393 g/mol. The quantitative estimate of drug-likeness (QED) is 0.535. The maximum absolute atomic E-state index is 5.68. The van der Waals surface area contributed by atoms with Gasteiger partial charge in [0.15, 0.2) is 0 Å². The maximum atomic E-state index is 5.68. The number of hydrogen-bond donors (Lipinski definition) is 2. The fourth-order valence-electron chi connectivity index (χ4n) is 2.97. The zero-order valence-electron chi connectivity index (χ0n) is 17.4. The molecular formula is C23H28N4O2. The summed E-state index contributed by atoms with van der Waals surface area (Å²) < 4.78 is 11.1. The van der Waals surface area contributed by atoms with Gasteiger partial charge < -0.3 is 20.1 Å². The second-order valence-electron chi connectivity index (χ2n) is 7.02. The van der Waals surface area contributed by atoms with Crippen LogP contribution in [0.5, 0.6) is 11.5 Å². The fourth-order valence-corrected chi connectivity index (χ4v) is 2.97. The summed E-state index contributed by atoms with van der Waals surface area (Å²) in [6.07, 6.45) is 0.992. The van der Waals surface area contributed by atoms with Gasteiger partial charge in [0, 0.05) is 24.0 Å². The van der Waals surface area contributed by atoms with E-state index in [1.54, 1.807) is 7.11 Å². The van der Waals surface area contributed by atoms with Crippen LogP contribution in [0.3, 0.4) is 0 Å². The molecule has 2 aromatic carbocycles. The molecule has 1 heterocycles. The summed E-state index contributed by atoms with van der Waals surface area (Å²) >= 11 is 0. The number of benzene rings is 2. The number of methoxy groups -OCH3 is 1. The Morgan fingerprint density at radius 2 is 1.76 bits per heavy atom. The largest absolute Gasteiger partial charge is 0.496 e. The second kappa shape index (κ2) is 9.78. The van der Waals surface area contributed by atoms with Crippen LogP contribution < -0.4 is 20.1 Å². The van der Waals surface area contributed by atoms with E-state index in [2.05, 4.69) is 26.7 Å². The highest BCUT2D eigenvalue weighted by Gasteiger charge is 2.05. The van der Waals surface area contributed by atoms with Gasteiger partial charge in [-0.25, -0.2) is 4.98 Å². The van der Waals surface area contributed by atoms with Crippen LogP contribution in [-0.4, -0.2) is 29.7 Å². The lowest BCUT2D eigenvalue weighted by molar-refractivity contribution is 0.242. The molecule has 2 N–H and O–H groups in total. The number of para-hydroxylation sites is 1. The van der Waals surface area contributed by atoms with Gasteiger partial charge in [0.2, 0.25) is 5.95 Å². The molecule has 3 rings (SSSR count). The Morgan fingerprint density at radius 3 is 2.48 bits per heavy atom. The van der Waals surface area contributed by atoms with Crippen LogP contribution in [0.2, 0.25) is 0 Å². The van der Waals surface area contributed by atoms with E-state index >= 15 is 0 Å². The Kier molecular flexibility index (Phi) is 6.89. The van der Waals surface area contributed by atoms with Crippen molar-refractivity contribution >= 4 is 17.5 Å². The van der Waals surface area contributed by atoms with Crippen molar-refractivity contribution in [2.75, 3.05) is 24.3 Å². The summed E-state index contributed by atoms with van der Waals surface area (Å²) in [5, 5.41) is 6.63. The van der Waals surface area contributed by atoms with E-state index in [1.165, 1.54) is 0 Å². The molecule has 0 radical (unpaired) electrons. The molecule has 0 saturated carbocycles. The van der Waals surface area contributed by atoms with Gasteiger partial charge in [-0.15, -0.1) is 0 Å². The van der Waals surface area contributed by atoms with E-state index in [0.717, 1.165) is 47.2 Å². The summed E-state index contributed by atoms with van der Waals surface area (Å²) in [7, 11) is 1.69. The number of nitrogens with one attached hydrogen (secondary N) is 2. The molecular weight excluding hydrogens is 364 g/mol. The second-order valence-corrected chi connectivity index (χ2v) is 7.02. The molecule has 0 aliphatic rings. The highest BCUT2D eigenvalue weighted by atomic mass is 16.5. The van der Waals surface area contributed by atoms with E-state index in [-0.39, 0.29) is 6.10 Å². The number of anilines is 3. The monoisotopic (exact) mass is 392 g/mol. The third-order valence-electron chi connectivity index (χ3n) is 4.23. The Hall–Kier alpha value is -3.28. The van der Waals surface area contributed by atoms with E-state index in [1.807, 2.05) is 69.3 Å². The molecule has 0 aliphatic heterocycles. The summed E-state index contributed by atoms with van der Waals surface area (Å²) in [5.41, 5.74) is 2.96. The highest BCUT2D eigenvalue weighted by Crippen LogP contribution is 2.21. The van der Waals surface area contributed by atoms with Crippen LogP contribution in [0.1, 0.15) is 25.1 Å². The number of aryl methyl sites for hydroxylation is 1. The van der Waals surface area contributed by atoms with Gasteiger partial charge in [-0.3, -0.25) is 0 Å². The third kappa shape index (κ3) is 6.10. The van der Waals surface area contributed by atoms with Crippen molar-refractivity contribution in [2.24, 2.45) is 0 Å². The van der Waals surface area contributed by atoms with Crippen LogP contribution >= 0.6 is 0 Å². The molecule has 0 amide bonds. The van der Waals surface area contributed by atoms with Crippen LogP contribution in [0.15, 0.2) is 54.6 Å². The number of hydrogen-bond acceptors (Lipinski definition) is 6. The third-order valence-corrected chi connectivity index (χ3v) is 4.23. The first kappa shape index (κ1) is 20.5. The van der Waals surface area contributed by atoms with Crippen molar-refractivity contribution < 1.29 is 9.47 Å². The molecule has 6 nitrogen and oxygen atoms in total. The fraction of sp³-hybridized carbons (Fsp3) is 0.304. The molecule has 1 aromatic heterocycles. The van der Waals surface area contributed by atoms with Gasteiger partial charge in [-0.2, -0.15) is 4.98 Å². The lowest BCUT2D eigenvalue weighted by Gasteiger charge is -2.12. The van der Waals surface area contributed by atoms with Crippen LogP contribution in [0, 0.1) is 6.92 Å². The smallest absolute Gasteiger partial charge is 0.229 e. The molecule has 3 aromatic rings. The first-order chi connectivity index (χ1) is 14.0. The van der Waals surface area contributed by atoms with Gasteiger partial charge in [0.05, 0.1) is 13.2 Å². The summed E-state index contributed by atoms with van der Waals surface area (Å²) in [5.74, 6) is 3.09. The summed E-state index contributed by atoms with van der Waals surface area (Å²) in [4.78, 5) is 9.06. The summed E-state index contributed by atoms with van der Waals surface area (Å²) in [6, 6.07) is 17.8. The zero-order valence-corrected chi connectivity index (χ0v) is 17.4. The predicted octanol–water partition coefficient (Wildman–Crippen LogP) is 4.98. The topological polar surface area (TPSA) is 68.3 Å². The SMILES string of the molecule is COc1ccccc1CCNc1cc(C)nc(Nc2ccc(OC(C)C)cc2)n1. The van der Waals surface area contributed by atoms with Crippen molar-refractivity contribution in [1.29, 1.82) is 0 Å². The van der Waals surface area contributed by atoms with Crippen LogP contribution in [0.25, 0.3) is 0 Å². The lowest BCUT2D eigenvalue weighted by Crippen LogP contribution is -2.09. The average Bonchev–Trinajstić information content (AvgIpc) is 2.69. The van der Waals surface area contributed by atoms with Gasteiger partial charge in [-0.1, -0.05) is 18.2 Å². The van der Waals surface area contributed by atoms with Crippen molar-refractivity contribution in [3.8, 4) is 11.5 Å². The van der Waals surface area contributed by atoms with Gasteiger partial charge >= 0.3 is 0 Å². The normalized spacial score (nSPS) is 10.7. The molecule has 0 saturated heterocycles. The van der Waals surface area contributed by atoms with E-state index in [4.69, 9.17) is 9.47 Å². The molecule has 0 spiro atoms. The van der Waals surface area contributed by atoms with E-state index in [0.29, 0.717) is 5.95 Å². The molecule has 6 heteroatoms. The number of rotatable bonds is 9. The Labute approximate surface area is 172 Å². The van der Waals surface area contributed by atoms with Gasteiger partial charge in [0.1, 0.15) is 17.3 Å². The first-order valence-electron chi connectivity index (χ1n) is 9.78. The Balaban J connectivity index is 1.62. The number of ether oxygens (including phenoxy) is 2. The Bertz CT molecular complexity index is 926. The lowest BCUT2D eigenvalue weighted by atomic mass is 10.1. The van der Waals surface area contributed by atoms with Crippen molar-refractivity contribution in [1.82, 2.24) is 9.97 Å². The zero-order chi connectivity index (χ0) is 20.6. The van der Waals surface area contributed by atoms with Gasteiger partial charge in [0.25, 0.3) is 0 Å². The van der Waals surface area contributed by atoms with Crippen LogP contribution in [0.4, 0.5) is 17.5 Å². The molecule has 29 heavy (non-hydrogen) atoms. The van der Waals surface area contributed by atoms with Crippen LogP contribution in [-0.2, 0) is 6.42 Å². The minimum absolute atomic E-state index is 0.151. The first-order valence-corrected chi connectivity index (χ1v) is 9.78. The maximum Gasteiger partial charge on any atom is 0.229 e. The van der Waals surface area contributed by atoms with E-state index in [9.17, 15) is 0 Å². The number of aromatic nitrogens is 2. The molecule has 0 unspecified atom stereocenters. The van der Waals surface area contributed by atoms with Gasteiger partial charge in [-0.05, 0) is 63.1 Å². The predicted molar refractivity (Wildman–Crippen MR) is 117 cm³/mol.